The molecule has 3 unspecified atom stereocenters. The van der Waals surface area contributed by atoms with Gasteiger partial charge in [0.05, 0.1) is 6.61 Å². The Balaban J connectivity index is 3.46. The quantitative estimate of drug-likeness (QED) is 0.381. The molecule has 0 aromatic heterocycles. The van der Waals surface area contributed by atoms with Crippen molar-refractivity contribution in [3.05, 3.63) is 34.9 Å². The minimum absolute atomic E-state index is 0.277. The maximum absolute atomic E-state index is 13.8. The molecule has 0 fully saturated rings. The first-order valence-corrected chi connectivity index (χ1v) is 12.6. The molecule has 198 valence electrons. The van der Waals surface area contributed by atoms with E-state index in [2.05, 4.69) is 17.6 Å². The van der Waals surface area contributed by atoms with Crippen molar-refractivity contribution in [3.8, 4) is 0 Å². The summed E-state index contributed by atoms with van der Waals surface area (Å²) >= 11 is 0. The minimum Gasteiger partial charge on any atom is -0.444 e. The van der Waals surface area contributed by atoms with Crippen molar-refractivity contribution in [2.24, 2.45) is 0 Å². The summed E-state index contributed by atoms with van der Waals surface area (Å²) in [5.41, 5.74) is 1.77. The van der Waals surface area contributed by atoms with Gasteiger partial charge in [-0.05, 0) is 71.1 Å². The second kappa shape index (κ2) is 14.1. The third-order valence-electron chi connectivity index (χ3n) is 5.91. The first-order valence-electron chi connectivity index (χ1n) is 12.6. The van der Waals surface area contributed by atoms with Crippen LogP contribution in [0.1, 0.15) is 90.0 Å². The van der Waals surface area contributed by atoms with E-state index in [1.807, 2.05) is 45.9 Å². The number of benzene rings is 1. The van der Waals surface area contributed by atoms with Crippen LogP contribution >= 0.6 is 0 Å². The van der Waals surface area contributed by atoms with Crippen LogP contribution in [0.2, 0.25) is 0 Å². The van der Waals surface area contributed by atoms with Crippen molar-refractivity contribution < 1.29 is 24.2 Å². The Morgan fingerprint density at radius 1 is 1.09 bits per heavy atom. The molecule has 8 heteroatoms. The molecule has 0 aliphatic carbocycles. The smallest absolute Gasteiger partial charge is 0.408 e. The van der Waals surface area contributed by atoms with Crippen LogP contribution in [0.15, 0.2) is 18.2 Å². The highest BCUT2D eigenvalue weighted by atomic mass is 16.6. The molecule has 0 saturated carbocycles. The van der Waals surface area contributed by atoms with Gasteiger partial charge in [0.2, 0.25) is 11.8 Å². The van der Waals surface area contributed by atoms with Gasteiger partial charge in [-0.15, -0.1) is 0 Å². The first-order chi connectivity index (χ1) is 16.4. The third kappa shape index (κ3) is 9.17. The van der Waals surface area contributed by atoms with E-state index in [1.165, 1.54) is 4.90 Å². The van der Waals surface area contributed by atoms with E-state index in [9.17, 15) is 19.5 Å². The highest BCUT2D eigenvalue weighted by Gasteiger charge is 2.39. The molecular formula is C27H45N3O5. The Morgan fingerprint density at radius 2 is 1.69 bits per heavy atom. The molecule has 1 aromatic rings. The zero-order valence-electron chi connectivity index (χ0n) is 22.7. The largest absolute Gasteiger partial charge is 0.444 e. The van der Waals surface area contributed by atoms with Gasteiger partial charge < -0.3 is 25.4 Å². The normalized spacial score (nSPS) is 14.0. The van der Waals surface area contributed by atoms with Gasteiger partial charge in [-0.25, -0.2) is 4.79 Å². The van der Waals surface area contributed by atoms with Gasteiger partial charge in [0.1, 0.15) is 17.7 Å². The lowest BCUT2D eigenvalue weighted by Crippen LogP contribution is -2.56. The third-order valence-corrected chi connectivity index (χ3v) is 5.91. The summed E-state index contributed by atoms with van der Waals surface area (Å²) in [6, 6.07) is 3.26. The van der Waals surface area contributed by atoms with Crippen molar-refractivity contribution in [2.45, 2.75) is 105 Å². The topological polar surface area (TPSA) is 108 Å². The number of amides is 3. The number of rotatable bonds is 12. The lowest BCUT2D eigenvalue weighted by Gasteiger charge is -2.39. The number of aryl methyl sites for hydroxylation is 2. The molecule has 8 nitrogen and oxygen atoms in total. The number of hydrogen-bond donors (Lipinski definition) is 3. The summed E-state index contributed by atoms with van der Waals surface area (Å²) in [7, 11) is 0. The number of alkyl carbamates (subject to hydrolysis) is 1. The number of unbranched alkanes of at least 4 members (excludes halogenated alkanes) is 2. The van der Waals surface area contributed by atoms with Crippen LogP contribution < -0.4 is 10.6 Å². The van der Waals surface area contributed by atoms with E-state index in [-0.39, 0.29) is 11.9 Å². The monoisotopic (exact) mass is 491 g/mol. The molecule has 3 N–H and O–H groups in total. The van der Waals surface area contributed by atoms with E-state index >= 15 is 0 Å². The Bertz CT molecular complexity index is 829. The van der Waals surface area contributed by atoms with Gasteiger partial charge in [-0.2, -0.15) is 0 Å². The molecule has 1 aromatic carbocycles. The maximum Gasteiger partial charge on any atom is 0.408 e. The molecular weight excluding hydrogens is 446 g/mol. The van der Waals surface area contributed by atoms with Crippen molar-refractivity contribution in [1.29, 1.82) is 0 Å². The molecule has 0 aliphatic heterocycles. The standard InChI is InChI=1S/C27H45N3O5/c1-9-11-12-16-28-24(32)23(22-18(3)14-13-15-19(22)4)30(20(5)10-2)25(33)21(17-31)29-26(34)35-27(6,7)8/h13-15,20-21,23,31H,9-12,16-17H2,1-8H3,(H,28,32)(H,29,34). The Kier molecular flexibility index (Phi) is 12.2. The molecule has 0 saturated heterocycles. The van der Waals surface area contributed by atoms with Crippen molar-refractivity contribution in [3.63, 3.8) is 0 Å². The second-order valence-corrected chi connectivity index (χ2v) is 10.1. The van der Waals surface area contributed by atoms with E-state index < -0.39 is 36.3 Å². The average molecular weight is 492 g/mol. The van der Waals surface area contributed by atoms with Gasteiger partial charge in [0.25, 0.3) is 0 Å². The highest BCUT2D eigenvalue weighted by Crippen LogP contribution is 2.31. The zero-order valence-corrected chi connectivity index (χ0v) is 22.7. The molecule has 0 bridgehead atoms. The second-order valence-electron chi connectivity index (χ2n) is 10.1. The summed E-state index contributed by atoms with van der Waals surface area (Å²) in [5, 5.41) is 15.5. The van der Waals surface area contributed by atoms with Crippen LogP contribution in [0.5, 0.6) is 0 Å². The fourth-order valence-electron chi connectivity index (χ4n) is 3.95. The zero-order chi connectivity index (χ0) is 26.8. The number of nitrogens with zero attached hydrogens (tertiary/aromatic N) is 1. The van der Waals surface area contributed by atoms with Crippen molar-refractivity contribution >= 4 is 17.9 Å². The molecule has 1 rings (SSSR count). The predicted octanol–water partition coefficient (Wildman–Crippen LogP) is 4.16. The van der Waals surface area contributed by atoms with Gasteiger partial charge in [-0.1, -0.05) is 44.9 Å². The lowest BCUT2D eigenvalue weighted by molar-refractivity contribution is -0.145. The molecule has 35 heavy (non-hydrogen) atoms. The van der Waals surface area contributed by atoms with Gasteiger partial charge in [0, 0.05) is 12.6 Å². The molecule has 0 heterocycles. The van der Waals surface area contributed by atoms with Crippen LogP contribution in [0, 0.1) is 13.8 Å². The van der Waals surface area contributed by atoms with Gasteiger partial charge in [0.15, 0.2) is 0 Å². The minimum atomic E-state index is -1.25. The van der Waals surface area contributed by atoms with Crippen LogP contribution in [-0.4, -0.2) is 58.8 Å². The number of aliphatic hydroxyl groups excluding tert-OH is 1. The van der Waals surface area contributed by atoms with Crippen molar-refractivity contribution in [1.82, 2.24) is 15.5 Å². The highest BCUT2D eigenvalue weighted by molar-refractivity contribution is 5.92. The number of nitrogens with one attached hydrogen (secondary N) is 2. The molecule has 0 spiro atoms. The summed E-state index contributed by atoms with van der Waals surface area (Å²) in [5.74, 6) is -0.815. The first kappa shape index (κ1) is 30.4. The fraction of sp³-hybridized carbons (Fsp3) is 0.667. The van der Waals surface area contributed by atoms with Crippen LogP contribution in [-0.2, 0) is 14.3 Å². The number of hydrogen-bond acceptors (Lipinski definition) is 5. The van der Waals surface area contributed by atoms with E-state index in [4.69, 9.17) is 4.74 Å². The Morgan fingerprint density at radius 3 is 2.17 bits per heavy atom. The average Bonchev–Trinajstić information content (AvgIpc) is 2.77. The van der Waals surface area contributed by atoms with Crippen LogP contribution in [0.25, 0.3) is 0 Å². The summed E-state index contributed by atoms with van der Waals surface area (Å²) in [6.07, 6.45) is 2.65. The van der Waals surface area contributed by atoms with E-state index in [0.717, 1.165) is 36.0 Å². The molecule has 0 radical (unpaired) electrons. The number of aliphatic hydroxyl groups is 1. The maximum atomic E-state index is 13.8. The molecule has 3 atom stereocenters. The summed E-state index contributed by atoms with van der Waals surface area (Å²) in [6.45, 7) is 14.8. The number of carbonyl (C=O) groups excluding carboxylic acids is 3. The summed E-state index contributed by atoms with van der Waals surface area (Å²) in [4.78, 5) is 41.3. The Hall–Kier alpha value is -2.61. The number of carbonyl (C=O) groups is 3. The van der Waals surface area contributed by atoms with Crippen LogP contribution in [0.4, 0.5) is 4.79 Å². The molecule has 3 amide bonds. The predicted molar refractivity (Wildman–Crippen MR) is 138 cm³/mol. The fourth-order valence-corrected chi connectivity index (χ4v) is 3.95. The van der Waals surface area contributed by atoms with E-state index in [0.29, 0.717) is 13.0 Å². The van der Waals surface area contributed by atoms with Gasteiger partial charge in [-0.3, -0.25) is 9.59 Å². The summed E-state index contributed by atoms with van der Waals surface area (Å²) < 4.78 is 5.28. The van der Waals surface area contributed by atoms with Gasteiger partial charge >= 0.3 is 6.09 Å². The lowest BCUT2D eigenvalue weighted by atomic mass is 9.92. The van der Waals surface area contributed by atoms with Crippen molar-refractivity contribution in [2.75, 3.05) is 13.2 Å². The Labute approximate surface area is 210 Å². The SMILES string of the molecule is CCCCCNC(=O)C(c1c(C)cccc1C)N(C(=O)C(CO)NC(=O)OC(C)(C)C)C(C)CC. The van der Waals surface area contributed by atoms with Crippen LogP contribution in [0.3, 0.4) is 0 Å². The molecule has 0 aliphatic rings. The van der Waals surface area contributed by atoms with E-state index in [1.54, 1.807) is 20.8 Å². The number of ether oxygens (including phenoxy) is 1.